The van der Waals surface area contributed by atoms with Crippen molar-refractivity contribution in [3.63, 3.8) is 0 Å². The molecule has 1 aromatic carbocycles. The fraction of sp³-hybridized carbons (Fsp3) is 0.562. The summed E-state index contributed by atoms with van der Waals surface area (Å²) in [6.07, 6.45) is 0.881. The van der Waals surface area contributed by atoms with Crippen molar-refractivity contribution in [3.8, 4) is 5.75 Å². The second-order valence-corrected chi connectivity index (χ2v) is 5.69. The van der Waals surface area contributed by atoms with Gasteiger partial charge in [-0.25, -0.2) is 0 Å². The molecule has 0 heterocycles. The molecule has 0 bridgehead atoms. The molecular formula is C16H27ClN2O2. The number of nitrogens with two attached hydrogens (primary N) is 1. The SMILES string of the molecule is Cc1ccc(C)c(OCC(=O)NC(CN)CC(C)C)c1.Cl. The van der Waals surface area contributed by atoms with Crippen LogP contribution in [0.2, 0.25) is 0 Å². The van der Waals surface area contributed by atoms with E-state index in [1.807, 2.05) is 32.0 Å². The molecule has 0 saturated heterocycles. The third-order valence-corrected chi connectivity index (χ3v) is 3.11. The lowest BCUT2D eigenvalue weighted by atomic mass is 10.0. The zero-order valence-corrected chi connectivity index (χ0v) is 14.1. The third kappa shape index (κ3) is 7.34. The van der Waals surface area contributed by atoms with Crippen molar-refractivity contribution in [1.82, 2.24) is 5.32 Å². The van der Waals surface area contributed by atoms with Gasteiger partial charge in [-0.15, -0.1) is 12.4 Å². The first-order valence-corrected chi connectivity index (χ1v) is 7.11. The molecule has 0 saturated carbocycles. The lowest BCUT2D eigenvalue weighted by Gasteiger charge is -2.19. The zero-order valence-electron chi connectivity index (χ0n) is 13.3. The average Bonchev–Trinajstić information content (AvgIpc) is 2.38. The highest BCUT2D eigenvalue weighted by molar-refractivity contribution is 5.85. The summed E-state index contributed by atoms with van der Waals surface area (Å²) >= 11 is 0. The Bertz CT molecular complexity index is 450. The van der Waals surface area contributed by atoms with E-state index >= 15 is 0 Å². The maximum Gasteiger partial charge on any atom is 0.258 e. The van der Waals surface area contributed by atoms with Gasteiger partial charge in [-0.05, 0) is 43.4 Å². The summed E-state index contributed by atoms with van der Waals surface area (Å²) in [7, 11) is 0. The predicted molar refractivity (Wildman–Crippen MR) is 89.1 cm³/mol. The molecule has 1 amide bonds. The van der Waals surface area contributed by atoms with Gasteiger partial charge in [0.2, 0.25) is 0 Å². The van der Waals surface area contributed by atoms with E-state index in [1.165, 1.54) is 0 Å². The number of halogens is 1. The number of hydrogen-bond donors (Lipinski definition) is 2. The molecule has 0 aliphatic carbocycles. The van der Waals surface area contributed by atoms with Gasteiger partial charge in [0.1, 0.15) is 5.75 Å². The maximum absolute atomic E-state index is 11.9. The third-order valence-electron chi connectivity index (χ3n) is 3.11. The summed E-state index contributed by atoms with van der Waals surface area (Å²) in [5.74, 6) is 1.14. The topological polar surface area (TPSA) is 64.3 Å². The van der Waals surface area contributed by atoms with Crippen molar-refractivity contribution < 1.29 is 9.53 Å². The fourth-order valence-corrected chi connectivity index (χ4v) is 2.06. The Morgan fingerprint density at radius 2 is 2.00 bits per heavy atom. The monoisotopic (exact) mass is 314 g/mol. The lowest BCUT2D eigenvalue weighted by Crippen LogP contribution is -2.43. The Morgan fingerprint density at radius 1 is 1.33 bits per heavy atom. The van der Waals surface area contributed by atoms with Crippen LogP contribution in [0.5, 0.6) is 5.75 Å². The van der Waals surface area contributed by atoms with E-state index in [1.54, 1.807) is 0 Å². The largest absolute Gasteiger partial charge is 0.483 e. The molecule has 0 spiro atoms. The Morgan fingerprint density at radius 3 is 2.57 bits per heavy atom. The van der Waals surface area contributed by atoms with Gasteiger partial charge < -0.3 is 15.8 Å². The number of amides is 1. The number of carbonyl (C=O) groups excluding carboxylic acids is 1. The highest BCUT2D eigenvalue weighted by Gasteiger charge is 2.13. The molecule has 0 aromatic heterocycles. The summed E-state index contributed by atoms with van der Waals surface area (Å²) < 4.78 is 5.58. The van der Waals surface area contributed by atoms with E-state index in [-0.39, 0.29) is 31.0 Å². The number of carbonyl (C=O) groups is 1. The molecule has 0 fully saturated rings. The van der Waals surface area contributed by atoms with E-state index in [0.29, 0.717) is 12.5 Å². The second kappa shape index (κ2) is 9.64. The minimum Gasteiger partial charge on any atom is -0.483 e. The number of benzene rings is 1. The van der Waals surface area contributed by atoms with Crippen molar-refractivity contribution in [2.45, 2.75) is 40.2 Å². The van der Waals surface area contributed by atoms with Crippen LogP contribution in [-0.2, 0) is 4.79 Å². The van der Waals surface area contributed by atoms with Gasteiger partial charge in [0, 0.05) is 12.6 Å². The number of rotatable bonds is 7. The minimum atomic E-state index is -0.123. The minimum absolute atomic E-state index is 0. The van der Waals surface area contributed by atoms with Crippen LogP contribution in [0.4, 0.5) is 0 Å². The number of aryl methyl sites for hydroxylation is 2. The summed E-state index contributed by atoms with van der Waals surface area (Å²) in [4.78, 5) is 11.9. The Kier molecular flexibility index (Phi) is 9.06. The number of hydrogen-bond acceptors (Lipinski definition) is 3. The van der Waals surface area contributed by atoms with E-state index in [4.69, 9.17) is 10.5 Å². The van der Waals surface area contributed by atoms with Crippen LogP contribution in [0.1, 0.15) is 31.4 Å². The van der Waals surface area contributed by atoms with Gasteiger partial charge in [0.05, 0.1) is 0 Å². The van der Waals surface area contributed by atoms with Crippen LogP contribution in [-0.4, -0.2) is 25.1 Å². The molecule has 5 heteroatoms. The number of ether oxygens (including phenoxy) is 1. The van der Waals surface area contributed by atoms with Crippen LogP contribution < -0.4 is 15.8 Å². The Balaban J connectivity index is 0.00000400. The molecular weight excluding hydrogens is 288 g/mol. The van der Waals surface area contributed by atoms with Crippen molar-refractivity contribution in [2.75, 3.05) is 13.2 Å². The molecule has 0 aliphatic heterocycles. The highest BCUT2D eigenvalue weighted by atomic mass is 35.5. The van der Waals surface area contributed by atoms with Crippen molar-refractivity contribution in [1.29, 1.82) is 0 Å². The maximum atomic E-state index is 11.9. The smallest absolute Gasteiger partial charge is 0.258 e. The van der Waals surface area contributed by atoms with Gasteiger partial charge in [0.25, 0.3) is 5.91 Å². The van der Waals surface area contributed by atoms with E-state index in [0.717, 1.165) is 23.3 Å². The average molecular weight is 315 g/mol. The van der Waals surface area contributed by atoms with Gasteiger partial charge in [-0.1, -0.05) is 26.0 Å². The molecule has 120 valence electrons. The second-order valence-electron chi connectivity index (χ2n) is 5.69. The molecule has 1 atom stereocenters. The predicted octanol–water partition coefficient (Wildman–Crippen LogP) is 2.59. The first-order chi connectivity index (χ1) is 9.42. The Hall–Kier alpha value is -1.26. The van der Waals surface area contributed by atoms with Crippen molar-refractivity contribution >= 4 is 18.3 Å². The number of nitrogens with one attached hydrogen (secondary N) is 1. The van der Waals surface area contributed by atoms with Crippen LogP contribution in [0.15, 0.2) is 18.2 Å². The van der Waals surface area contributed by atoms with Gasteiger partial charge in [-0.3, -0.25) is 4.79 Å². The van der Waals surface area contributed by atoms with Crippen LogP contribution in [0.3, 0.4) is 0 Å². The highest BCUT2D eigenvalue weighted by Crippen LogP contribution is 2.18. The summed E-state index contributed by atoms with van der Waals surface area (Å²) in [5.41, 5.74) is 7.81. The Labute approximate surface area is 133 Å². The molecule has 3 N–H and O–H groups in total. The molecule has 0 aliphatic rings. The van der Waals surface area contributed by atoms with Gasteiger partial charge in [-0.2, -0.15) is 0 Å². The van der Waals surface area contributed by atoms with E-state index in [9.17, 15) is 4.79 Å². The quantitative estimate of drug-likeness (QED) is 0.813. The zero-order chi connectivity index (χ0) is 15.1. The molecule has 21 heavy (non-hydrogen) atoms. The lowest BCUT2D eigenvalue weighted by molar-refractivity contribution is -0.123. The van der Waals surface area contributed by atoms with Crippen molar-refractivity contribution in [2.24, 2.45) is 11.7 Å². The summed E-state index contributed by atoms with van der Waals surface area (Å²) in [6.45, 7) is 8.67. The first-order valence-electron chi connectivity index (χ1n) is 7.11. The molecule has 1 unspecified atom stereocenters. The van der Waals surface area contributed by atoms with E-state index in [2.05, 4.69) is 19.2 Å². The first kappa shape index (κ1) is 19.7. The molecule has 0 radical (unpaired) electrons. The van der Waals surface area contributed by atoms with E-state index < -0.39 is 0 Å². The molecule has 4 nitrogen and oxygen atoms in total. The van der Waals surface area contributed by atoms with Crippen LogP contribution in [0, 0.1) is 19.8 Å². The molecule has 1 aromatic rings. The summed E-state index contributed by atoms with van der Waals surface area (Å²) in [6, 6.07) is 5.97. The fourth-order valence-electron chi connectivity index (χ4n) is 2.06. The van der Waals surface area contributed by atoms with Crippen LogP contribution in [0.25, 0.3) is 0 Å². The molecule has 1 rings (SSSR count). The van der Waals surface area contributed by atoms with Gasteiger partial charge in [0.15, 0.2) is 6.61 Å². The summed E-state index contributed by atoms with van der Waals surface area (Å²) in [5, 5.41) is 2.91. The standard InChI is InChI=1S/C16H26N2O2.ClH/c1-11(2)7-14(9-17)18-16(19)10-20-15-8-12(3)5-6-13(15)4;/h5-6,8,11,14H,7,9-10,17H2,1-4H3,(H,18,19);1H. The normalized spacial score (nSPS) is 11.7. The van der Waals surface area contributed by atoms with Gasteiger partial charge >= 0.3 is 0 Å². The van der Waals surface area contributed by atoms with Crippen LogP contribution >= 0.6 is 12.4 Å². The van der Waals surface area contributed by atoms with Crippen molar-refractivity contribution in [3.05, 3.63) is 29.3 Å².